The van der Waals surface area contributed by atoms with Crippen molar-refractivity contribution in [1.29, 1.82) is 5.26 Å². The first-order valence-electron chi connectivity index (χ1n) is 4.41. The van der Waals surface area contributed by atoms with Crippen LogP contribution < -0.4 is 5.32 Å². The minimum absolute atomic E-state index is 0.124. The van der Waals surface area contributed by atoms with E-state index < -0.39 is 4.92 Å². The molecule has 6 heteroatoms. The molecule has 0 fully saturated rings. The highest BCUT2D eigenvalue weighted by Gasteiger charge is 2.15. The van der Waals surface area contributed by atoms with Crippen LogP contribution in [0.2, 0.25) is 0 Å². The zero-order valence-corrected chi connectivity index (χ0v) is 8.30. The van der Waals surface area contributed by atoms with Gasteiger partial charge in [0.1, 0.15) is 6.07 Å². The van der Waals surface area contributed by atoms with Gasteiger partial charge in [-0.1, -0.05) is 0 Å². The fourth-order valence-corrected chi connectivity index (χ4v) is 1.04. The van der Waals surface area contributed by atoms with Gasteiger partial charge in [0.2, 0.25) is 5.82 Å². The molecule has 0 aliphatic carbocycles. The summed E-state index contributed by atoms with van der Waals surface area (Å²) in [5.41, 5.74) is -0.0785. The molecule has 0 radical (unpaired) electrons. The van der Waals surface area contributed by atoms with Gasteiger partial charge in [-0.25, -0.2) is 4.98 Å². The number of nitrogens with one attached hydrogen (secondary N) is 1. The summed E-state index contributed by atoms with van der Waals surface area (Å²) < 4.78 is 0. The van der Waals surface area contributed by atoms with Gasteiger partial charge in [-0.2, -0.15) is 5.26 Å². The summed E-state index contributed by atoms with van der Waals surface area (Å²) in [5, 5.41) is 22.0. The van der Waals surface area contributed by atoms with Crippen molar-refractivity contribution in [3.63, 3.8) is 0 Å². The number of nitro groups is 1. The highest BCUT2D eigenvalue weighted by atomic mass is 16.6. The summed E-state index contributed by atoms with van der Waals surface area (Å²) in [5.74, 6) is 2.52. The Hall–Kier alpha value is -2.60. The van der Waals surface area contributed by atoms with Gasteiger partial charge in [0.15, 0.2) is 0 Å². The summed E-state index contributed by atoms with van der Waals surface area (Å²) in [7, 11) is 0. The standard InChI is InChI=1S/C10H8N4O2/c1-2-3-4-12-10-9(14(15)16)5-8(6-11)7-13-10/h1,5,7H,3-4H2,(H,12,13). The lowest BCUT2D eigenvalue weighted by atomic mass is 10.2. The first-order chi connectivity index (χ1) is 7.69. The Balaban J connectivity index is 2.96. The van der Waals surface area contributed by atoms with Gasteiger partial charge in [0, 0.05) is 25.2 Å². The van der Waals surface area contributed by atoms with Crippen molar-refractivity contribution in [2.45, 2.75) is 6.42 Å². The third-order valence-electron chi connectivity index (χ3n) is 1.76. The fraction of sp³-hybridized carbons (Fsp3) is 0.200. The van der Waals surface area contributed by atoms with E-state index in [0.29, 0.717) is 13.0 Å². The number of pyridine rings is 1. The number of rotatable bonds is 4. The van der Waals surface area contributed by atoms with E-state index in [2.05, 4.69) is 16.2 Å². The van der Waals surface area contributed by atoms with Crippen molar-refractivity contribution < 1.29 is 4.92 Å². The summed E-state index contributed by atoms with van der Waals surface area (Å²) >= 11 is 0. The van der Waals surface area contributed by atoms with E-state index in [0.717, 1.165) is 0 Å². The van der Waals surface area contributed by atoms with Crippen molar-refractivity contribution in [3.05, 3.63) is 27.9 Å². The average Bonchev–Trinajstić information content (AvgIpc) is 2.29. The zero-order chi connectivity index (χ0) is 12.0. The predicted octanol–water partition coefficient (Wildman–Crippen LogP) is 1.30. The van der Waals surface area contributed by atoms with Crippen molar-refractivity contribution in [2.24, 2.45) is 0 Å². The van der Waals surface area contributed by atoms with Crippen molar-refractivity contribution in [2.75, 3.05) is 11.9 Å². The lowest BCUT2D eigenvalue weighted by Crippen LogP contribution is -2.05. The van der Waals surface area contributed by atoms with Crippen LogP contribution in [0, 0.1) is 33.8 Å². The number of anilines is 1. The van der Waals surface area contributed by atoms with E-state index in [-0.39, 0.29) is 17.1 Å². The lowest BCUT2D eigenvalue weighted by molar-refractivity contribution is -0.384. The van der Waals surface area contributed by atoms with Gasteiger partial charge >= 0.3 is 5.69 Å². The van der Waals surface area contributed by atoms with Crippen LogP contribution in [0.3, 0.4) is 0 Å². The zero-order valence-electron chi connectivity index (χ0n) is 8.30. The Morgan fingerprint density at radius 1 is 1.69 bits per heavy atom. The first kappa shape index (κ1) is 11.5. The van der Waals surface area contributed by atoms with Gasteiger partial charge in [0.05, 0.1) is 10.5 Å². The minimum Gasteiger partial charge on any atom is -0.363 e. The topological polar surface area (TPSA) is 91.8 Å². The molecule has 0 unspecified atom stereocenters. The van der Waals surface area contributed by atoms with Gasteiger partial charge in [0.25, 0.3) is 0 Å². The van der Waals surface area contributed by atoms with Crippen LogP contribution in [0.4, 0.5) is 11.5 Å². The summed E-state index contributed by atoms with van der Waals surface area (Å²) in [6, 6.07) is 2.96. The second-order valence-corrected chi connectivity index (χ2v) is 2.84. The molecule has 0 bridgehead atoms. The van der Waals surface area contributed by atoms with Gasteiger partial charge < -0.3 is 5.32 Å². The van der Waals surface area contributed by atoms with E-state index >= 15 is 0 Å². The molecule has 0 saturated heterocycles. The maximum atomic E-state index is 10.7. The Morgan fingerprint density at radius 3 is 3.00 bits per heavy atom. The van der Waals surface area contributed by atoms with Crippen molar-refractivity contribution >= 4 is 11.5 Å². The Morgan fingerprint density at radius 2 is 2.44 bits per heavy atom. The number of terminal acetylenes is 1. The number of nitrogens with zero attached hydrogens (tertiary/aromatic N) is 3. The highest BCUT2D eigenvalue weighted by Crippen LogP contribution is 2.22. The fourth-order valence-electron chi connectivity index (χ4n) is 1.04. The van der Waals surface area contributed by atoms with Gasteiger partial charge in [-0.05, 0) is 0 Å². The normalized spacial score (nSPS) is 8.88. The van der Waals surface area contributed by atoms with E-state index in [1.165, 1.54) is 12.3 Å². The monoisotopic (exact) mass is 216 g/mol. The van der Waals surface area contributed by atoms with Crippen LogP contribution in [-0.4, -0.2) is 16.5 Å². The number of hydrogen-bond acceptors (Lipinski definition) is 5. The largest absolute Gasteiger partial charge is 0.363 e. The maximum Gasteiger partial charge on any atom is 0.312 e. The first-order valence-corrected chi connectivity index (χ1v) is 4.41. The molecule has 0 aliphatic heterocycles. The molecule has 1 aromatic rings. The van der Waals surface area contributed by atoms with Crippen LogP contribution in [0.15, 0.2) is 12.3 Å². The quantitative estimate of drug-likeness (QED) is 0.354. The Bertz CT molecular complexity index is 485. The molecule has 0 saturated carbocycles. The molecule has 6 nitrogen and oxygen atoms in total. The van der Waals surface area contributed by atoms with E-state index in [1.54, 1.807) is 6.07 Å². The predicted molar refractivity (Wildman–Crippen MR) is 57.5 cm³/mol. The van der Waals surface area contributed by atoms with Crippen molar-refractivity contribution in [3.8, 4) is 18.4 Å². The smallest absolute Gasteiger partial charge is 0.312 e. The van der Waals surface area contributed by atoms with Crippen LogP contribution in [-0.2, 0) is 0 Å². The Kier molecular flexibility index (Phi) is 3.82. The molecule has 16 heavy (non-hydrogen) atoms. The molecule has 0 atom stereocenters. The van der Waals surface area contributed by atoms with Crippen LogP contribution in [0.5, 0.6) is 0 Å². The molecule has 0 spiro atoms. The third-order valence-corrected chi connectivity index (χ3v) is 1.76. The van der Waals surface area contributed by atoms with E-state index in [9.17, 15) is 10.1 Å². The van der Waals surface area contributed by atoms with E-state index in [1.807, 2.05) is 0 Å². The molecular formula is C10H8N4O2. The molecule has 1 heterocycles. The van der Waals surface area contributed by atoms with Gasteiger partial charge in [-0.15, -0.1) is 12.3 Å². The number of nitriles is 1. The van der Waals surface area contributed by atoms with Crippen LogP contribution in [0.1, 0.15) is 12.0 Å². The number of aromatic nitrogens is 1. The molecule has 0 aromatic carbocycles. The highest BCUT2D eigenvalue weighted by molar-refractivity contribution is 5.58. The average molecular weight is 216 g/mol. The van der Waals surface area contributed by atoms with E-state index in [4.69, 9.17) is 11.7 Å². The summed E-state index contributed by atoms with van der Waals surface area (Å²) in [6.07, 6.45) is 6.76. The third kappa shape index (κ3) is 2.69. The van der Waals surface area contributed by atoms with Crippen LogP contribution in [0.25, 0.3) is 0 Å². The molecule has 0 aliphatic rings. The minimum atomic E-state index is -0.591. The summed E-state index contributed by atoms with van der Waals surface area (Å²) in [6.45, 7) is 0.399. The second-order valence-electron chi connectivity index (χ2n) is 2.84. The lowest BCUT2D eigenvalue weighted by Gasteiger charge is -2.03. The van der Waals surface area contributed by atoms with Crippen molar-refractivity contribution in [1.82, 2.24) is 4.98 Å². The SMILES string of the molecule is C#CCCNc1ncc(C#N)cc1[N+](=O)[O-]. The summed E-state index contributed by atoms with van der Waals surface area (Å²) in [4.78, 5) is 13.9. The molecule has 0 amide bonds. The second kappa shape index (κ2) is 5.32. The molecular weight excluding hydrogens is 208 g/mol. The maximum absolute atomic E-state index is 10.7. The molecule has 1 rings (SSSR count). The Labute approximate surface area is 92.1 Å². The molecule has 80 valence electrons. The number of hydrogen-bond donors (Lipinski definition) is 1. The van der Waals surface area contributed by atoms with Gasteiger partial charge in [-0.3, -0.25) is 10.1 Å². The molecule has 1 aromatic heterocycles. The van der Waals surface area contributed by atoms with Crippen LogP contribution >= 0.6 is 0 Å². The molecule has 1 N–H and O–H groups in total.